The van der Waals surface area contributed by atoms with Gasteiger partial charge in [-0.05, 0) is 36.9 Å². The Bertz CT molecular complexity index is 552. The number of aromatic nitrogens is 1. The molecule has 0 unspecified atom stereocenters. The summed E-state index contributed by atoms with van der Waals surface area (Å²) in [4.78, 5) is 4.53. The molecule has 1 aliphatic rings. The van der Waals surface area contributed by atoms with Gasteiger partial charge < -0.3 is 14.9 Å². The molecule has 0 radical (unpaired) electrons. The van der Waals surface area contributed by atoms with E-state index in [0.29, 0.717) is 0 Å². The Balaban J connectivity index is 1.88. The van der Waals surface area contributed by atoms with Crippen molar-refractivity contribution in [3.63, 3.8) is 0 Å². The fraction of sp³-hybridized carbons (Fsp3) is 0.500. The first-order valence-corrected chi connectivity index (χ1v) is 6.38. The third kappa shape index (κ3) is 1.86. The van der Waals surface area contributed by atoms with Crippen LogP contribution in [0.2, 0.25) is 0 Å². The Hall–Kier alpha value is -1.55. The molecule has 4 nitrogen and oxygen atoms in total. The molecule has 2 N–H and O–H groups in total. The van der Waals surface area contributed by atoms with Crippen LogP contribution in [0, 0.1) is 5.41 Å². The quantitative estimate of drug-likeness (QED) is 0.900. The molecule has 4 heteroatoms. The smallest absolute Gasteiger partial charge is 0.196 e. The lowest BCUT2D eigenvalue weighted by Gasteiger charge is -2.39. The van der Waals surface area contributed by atoms with E-state index in [-0.39, 0.29) is 5.41 Å². The zero-order valence-electron chi connectivity index (χ0n) is 10.6. The van der Waals surface area contributed by atoms with Crippen LogP contribution in [-0.2, 0) is 6.42 Å². The predicted molar refractivity (Wildman–Crippen MR) is 69.6 cm³/mol. The van der Waals surface area contributed by atoms with Gasteiger partial charge in [-0.2, -0.15) is 0 Å². The number of nitrogens with zero attached hydrogens (tertiary/aromatic N) is 1. The minimum absolute atomic E-state index is 0.227. The summed E-state index contributed by atoms with van der Waals surface area (Å²) >= 11 is 0. The van der Waals surface area contributed by atoms with Crippen molar-refractivity contribution in [2.45, 2.75) is 25.7 Å². The average molecular weight is 246 g/mol. The molecular weight excluding hydrogens is 228 g/mol. The van der Waals surface area contributed by atoms with Gasteiger partial charge in [-0.1, -0.05) is 6.42 Å². The van der Waals surface area contributed by atoms with Gasteiger partial charge in [0, 0.05) is 12.5 Å². The van der Waals surface area contributed by atoms with E-state index in [2.05, 4.69) is 4.98 Å². The summed E-state index contributed by atoms with van der Waals surface area (Å²) in [5.74, 6) is 1.59. The number of nitrogens with two attached hydrogens (primary N) is 1. The molecule has 0 bridgehead atoms. The van der Waals surface area contributed by atoms with E-state index < -0.39 is 0 Å². The molecule has 0 atom stereocenters. The first kappa shape index (κ1) is 11.5. The van der Waals surface area contributed by atoms with Crippen LogP contribution in [0.5, 0.6) is 5.75 Å². The lowest BCUT2D eigenvalue weighted by molar-refractivity contribution is 0.134. The minimum Gasteiger partial charge on any atom is -0.497 e. The van der Waals surface area contributed by atoms with Crippen LogP contribution in [0.4, 0.5) is 0 Å². The minimum atomic E-state index is 0.227. The van der Waals surface area contributed by atoms with Gasteiger partial charge in [-0.15, -0.1) is 0 Å². The van der Waals surface area contributed by atoms with E-state index in [1.807, 2.05) is 18.2 Å². The maximum absolute atomic E-state index is 5.87. The van der Waals surface area contributed by atoms with Gasteiger partial charge in [0.25, 0.3) is 0 Å². The molecule has 0 amide bonds. The Labute approximate surface area is 106 Å². The third-order valence-corrected chi connectivity index (χ3v) is 4.01. The van der Waals surface area contributed by atoms with Gasteiger partial charge in [-0.3, -0.25) is 0 Å². The summed E-state index contributed by atoms with van der Waals surface area (Å²) in [6.07, 6.45) is 4.49. The number of rotatable bonds is 4. The van der Waals surface area contributed by atoms with Gasteiger partial charge in [0.15, 0.2) is 11.5 Å². The monoisotopic (exact) mass is 246 g/mol. The molecule has 96 valence electrons. The average Bonchev–Trinajstić information content (AvgIpc) is 2.74. The van der Waals surface area contributed by atoms with Gasteiger partial charge >= 0.3 is 0 Å². The standard InChI is InChI=1S/C14H18N2O2/c1-17-10-3-4-11-12(7-10)18-13(16-11)8-14(9-15)5-2-6-14/h3-4,7H,2,5-6,8-9,15H2,1H3. The van der Waals surface area contributed by atoms with E-state index in [4.69, 9.17) is 14.9 Å². The number of hydrogen-bond acceptors (Lipinski definition) is 4. The van der Waals surface area contributed by atoms with Crippen molar-refractivity contribution in [2.75, 3.05) is 13.7 Å². The maximum Gasteiger partial charge on any atom is 0.196 e. The van der Waals surface area contributed by atoms with Gasteiger partial charge in [0.1, 0.15) is 11.3 Å². The number of ether oxygens (including phenoxy) is 1. The molecule has 1 saturated carbocycles. The topological polar surface area (TPSA) is 61.3 Å². The van der Waals surface area contributed by atoms with Crippen LogP contribution < -0.4 is 10.5 Å². The number of methoxy groups -OCH3 is 1. The van der Waals surface area contributed by atoms with Crippen LogP contribution in [0.1, 0.15) is 25.2 Å². The Morgan fingerprint density at radius 2 is 2.28 bits per heavy atom. The first-order chi connectivity index (χ1) is 8.74. The summed E-state index contributed by atoms with van der Waals surface area (Å²) in [6, 6.07) is 5.70. The first-order valence-electron chi connectivity index (χ1n) is 6.38. The van der Waals surface area contributed by atoms with Crippen LogP contribution in [0.25, 0.3) is 11.1 Å². The van der Waals surface area contributed by atoms with E-state index >= 15 is 0 Å². The Morgan fingerprint density at radius 1 is 1.44 bits per heavy atom. The largest absolute Gasteiger partial charge is 0.497 e. The number of hydrogen-bond donors (Lipinski definition) is 1. The summed E-state index contributed by atoms with van der Waals surface area (Å²) in [6.45, 7) is 0.717. The van der Waals surface area contributed by atoms with E-state index in [0.717, 1.165) is 35.7 Å². The Morgan fingerprint density at radius 3 is 2.89 bits per heavy atom. The molecule has 1 aliphatic carbocycles. The van der Waals surface area contributed by atoms with Crippen molar-refractivity contribution >= 4 is 11.1 Å². The zero-order chi connectivity index (χ0) is 12.6. The molecule has 18 heavy (non-hydrogen) atoms. The van der Waals surface area contributed by atoms with Crippen LogP contribution >= 0.6 is 0 Å². The van der Waals surface area contributed by atoms with Crippen molar-refractivity contribution in [3.05, 3.63) is 24.1 Å². The fourth-order valence-electron chi connectivity index (χ4n) is 2.61. The fourth-order valence-corrected chi connectivity index (χ4v) is 2.61. The highest BCUT2D eigenvalue weighted by atomic mass is 16.5. The lowest BCUT2D eigenvalue weighted by atomic mass is 9.67. The third-order valence-electron chi connectivity index (χ3n) is 4.01. The number of oxazole rings is 1. The highest BCUT2D eigenvalue weighted by Gasteiger charge is 2.37. The summed E-state index contributed by atoms with van der Waals surface area (Å²) in [7, 11) is 1.65. The predicted octanol–water partition coefficient (Wildman–Crippen LogP) is 2.51. The molecule has 0 aliphatic heterocycles. The molecule has 0 spiro atoms. The zero-order valence-corrected chi connectivity index (χ0v) is 10.6. The van der Waals surface area contributed by atoms with Gasteiger partial charge in [0.2, 0.25) is 0 Å². The normalized spacial score (nSPS) is 17.7. The van der Waals surface area contributed by atoms with Crippen LogP contribution in [-0.4, -0.2) is 18.6 Å². The second-order valence-electron chi connectivity index (χ2n) is 5.18. The van der Waals surface area contributed by atoms with E-state index in [9.17, 15) is 0 Å². The molecule has 1 aromatic carbocycles. The summed E-state index contributed by atoms with van der Waals surface area (Å²) < 4.78 is 11.0. The van der Waals surface area contributed by atoms with Crippen LogP contribution in [0.3, 0.4) is 0 Å². The number of fused-ring (bicyclic) bond motifs is 1. The molecule has 1 heterocycles. The summed E-state index contributed by atoms with van der Waals surface area (Å²) in [5.41, 5.74) is 7.77. The molecular formula is C14H18N2O2. The molecule has 3 rings (SSSR count). The highest BCUT2D eigenvalue weighted by molar-refractivity contribution is 5.74. The van der Waals surface area contributed by atoms with Crippen molar-refractivity contribution in [2.24, 2.45) is 11.1 Å². The van der Waals surface area contributed by atoms with E-state index in [1.54, 1.807) is 7.11 Å². The SMILES string of the molecule is COc1ccc2nc(CC3(CN)CCC3)oc2c1. The van der Waals surface area contributed by atoms with Gasteiger partial charge in [-0.25, -0.2) is 4.98 Å². The second kappa shape index (κ2) is 4.28. The maximum atomic E-state index is 5.87. The number of benzene rings is 1. The van der Waals surface area contributed by atoms with Crippen molar-refractivity contribution in [1.29, 1.82) is 0 Å². The Kier molecular flexibility index (Phi) is 2.74. The van der Waals surface area contributed by atoms with Crippen molar-refractivity contribution in [3.8, 4) is 5.75 Å². The molecule has 1 fully saturated rings. The molecule has 0 saturated heterocycles. The molecule has 2 aromatic rings. The van der Waals surface area contributed by atoms with Crippen molar-refractivity contribution < 1.29 is 9.15 Å². The second-order valence-corrected chi connectivity index (χ2v) is 5.18. The highest BCUT2D eigenvalue weighted by Crippen LogP contribution is 2.42. The van der Waals surface area contributed by atoms with E-state index in [1.165, 1.54) is 19.3 Å². The summed E-state index contributed by atoms with van der Waals surface area (Å²) in [5, 5.41) is 0. The lowest BCUT2D eigenvalue weighted by Crippen LogP contribution is -2.39. The van der Waals surface area contributed by atoms with Crippen molar-refractivity contribution in [1.82, 2.24) is 4.98 Å². The van der Waals surface area contributed by atoms with Gasteiger partial charge in [0.05, 0.1) is 7.11 Å². The molecule has 1 aromatic heterocycles. The van der Waals surface area contributed by atoms with Crippen LogP contribution in [0.15, 0.2) is 22.6 Å².